The highest BCUT2D eigenvalue weighted by Gasteiger charge is 2.25. The zero-order valence-electron chi connectivity index (χ0n) is 14.2. The minimum Gasteiger partial charge on any atom is -0.393 e. The van der Waals surface area contributed by atoms with Crippen molar-refractivity contribution in [2.24, 2.45) is 0 Å². The molecule has 126 valence electrons. The van der Waals surface area contributed by atoms with Crippen LogP contribution in [-0.2, 0) is 17.8 Å². The predicted molar refractivity (Wildman–Crippen MR) is 89.1 cm³/mol. The average molecular weight is 317 g/mol. The normalized spacial score (nSPS) is 19.9. The Balaban J connectivity index is 1.59. The first kappa shape index (κ1) is 16.4. The molecule has 3 heterocycles. The highest BCUT2D eigenvalue weighted by atomic mass is 16.3. The van der Waals surface area contributed by atoms with Gasteiger partial charge in [-0.1, -0.05) is 19.9 Å². The van der Waals surface area contributed by atoms with Crippen LogP contribution in [-0.4, -0.2) is 58.1 Å². The second-order valence-corrected chi connectivity index (χ2v) is 7.07. The zero-order valence-corrected chi connectivity index (χ0v) is 14.2. The van der Waals surface area contributed by atoms with E-state index in [9.17, 15) is 9.90 Å². The maximum atomic E-state index is 12.5. The molecule has 0 aliphatic carbocycles. The fourth-order valence-corrected chi connectivity index (χ4v) is 3.34. The lowest BCUT2D eigenvalue weighted by atomic mass is 10.0. The van der Waals surface area contributed by atoms with Crippen LogP contribution >= 0.6 is 0 Å². The van der Waals surface area contributed by atoms with Gasteiger partial charge in [-0.3, -0.25) is 14.7 Å². The van der Waals surface area contributed by atoms with E-state index < -0.39 is 0 Å². The van der Waals surface area contributed by atoms with Crippen LogP contribution in [0.3, 0.4) is 0 Å². The van der Waals surface area contributed by atoms with Crippen molar-refractivity contribution in [2.45, 2.75) is 51.7 Å². The summed E-state index contributed by atoms with van der Waals surface area (Å²) in [4.78, 5) is 21.4. The van der Waals surface area contributed by atoms with E-state index in [4.69, 9.17) is 4.98 Å². The Morgan fingerprint density at radius 1 is 1.30 bits per heavy atom. The molecule has 5 nitrogen and oxygen atoms in total. The van der Waals surface area contributed by atoms with Gasteiger partial charge in [0.25, 0.3) is 0 Å². The minimum absolute atomic E-state index is 0.190. The Labute approximate surface area is 138 Å². The standard InChI is InChI=1S/C18H27N3O2/c1-13(2)16-4-3-14-11-21(10-7-17(14)19-16)18(23)12-20-8-5-15(22)6-9-20/h3-4,13,15,22H,5-12H2,1-2H3. The fourth-order valence-electron chi connectivity index (χ4n) is 3.34. The molecular weight excluding hydrogens is 290 g/mol. The third-order valence-corrected chi connectivity index (χ3v) is 4.93. The third kappa shape index (κ3) is 3.90. The highest BCUT2D eigenvalue weighted by molar-refractivity contribution is 5.78. The van der Waals surface area contributed by atoms with Crippen LogP contribution in [0, 0.1) is 0 Å². The highest BCUT2D eigenvalue weighted by Crippen LogP contribution is 2.21. The van der Waals surface area contributed by atoms with Crippen molar-refractivity contribution in [2.75, 3.05) is 26.2 Å². The second-order valence-electron chi connectivity index (χ2n) is 7.07. The van der Waals surface area contributed by atoms with Gasteiger partial charge in [0.2, 0.25) is 5.91 Å². The van der Waals surface area contributed by atoms with E-state index in [0.717, 1.165) is 50.3 Å². The van der Waals surface area contributed by atoms with E-state index in [-0.39, 0.29) is 12.0 Å². The van der Waals surface area contributed by atoms with E-state index in [0.29, 0.717) is 19.0 Å². The van der Waals surface area contributed by atoms with Crippen molar-refractivity contribution in [1.29, 1.82) is 0 Å². The Kier molecular flexibility index (Phi) is 4.97. The molecule has 0 atom stereocenters. The van der Waals surface area contributed by atoms with Gasteiger partial charge in [0, 0.05) is 44.0 Å². The SMILES string of the molecule is CC(C)c1ccc2c(n1)CCN(C(=O)CN1CCC(O)CC1)C2. The number of nitrogens with zero attached hydrogens (tertiary/aromatic N) is 3. The number of aliphatic hydroxyl groups excluding tert-OH is 1. The van der Waals surface area contributed by atoms with Gasteiger partial charge < -0.3 is 10.0 Å². The first-order chi connectivity index (χ1) is 11.0. The van der Waals surface area contributed by atoms with Crippen molar-refractivity contribution >= 4 is 5.91 Å². The van der Waals surface area contributed by atoms with Crippen molar-refractivity contribution in [3.05, 3.63) is 29.1 Å². The van der Waals surface area contributed by atoms with Gasteiger partial charge in [0.1, 0.15) is 0 Å². The summed E-state index contributed by atoms with van der Waals surface area (Å²) in [6.07, 6.45) is 2.21. The second kappa shape index (κ2) is 6.97. The number of piperidine rings is 1. The molecule has 2 aliphatic heterocycles. The van der Waals surface area contributed by atoms with Crippen LogP contribution in [0.15, 0.2) is 12.1 Å². The molecule has 23 heavy (non-hydrogen) atoms. The lowest BCUT2D eigenvalue weighted by Gasteiger charge is -2.33. The minimum atomic E-state index is -0.190. The molecule has 1 fully saturated rings. The van der Waals surface area contributed by atoms with Gasteiger partial charge in [0.05, 0.1) is 12.6 Å². The lowest BCUT2D eigenvalue weighted by molar-refractivity contribution is -0.133. The van der Waals surface area contributed by atoms with Crippen molar-refractivity contribution in [1.82, 2.24) is 14.8 Å². The van der Waals surface area contributed by atoms with E-state index in [1.807, 2.05) is 4.90 Å². The summed E-state index contributed by atoms with van der Waals surface area (Å²) in [5.41, 5.74) is 3.47. The van der Waals surface area contributed by atoms with Crippen molar-refractivity contribution in [3.8, 4) is 0 Å². The van der Waals surface area contributed by atoms with Crippen molar-refractivity contribution in [3.63, 3.8) is 0 Å². The molecule has 2 aliphatic rings. The number of amides is 1. The maximum Gasteiger partial charge on any atom is 0.237 e. The fraction of sp³-hybridized carbons (Fsp3) is 0.667. The number of hydrogen-bond acceptors (Lipinski definition) is 4. The van der Waals surface area contributed by atoms with Gasteiger partial charge in [-0.25, -0.2) is 0 Å². The number of carbonyl (C=O) groups is 1. The summed E-state index contributed by atoms with van der Waals surface area (Å²) in [5, 5.41) is 9.55. The monoisotopic (exact) mass is 317 g/mol. The van der Waals surface area contributed by atoms with Crippen LogP contribution in [0.5, 0.6) is 0 Å². The van der Waals surface area contributed by atoms with Gasteiger partial charge in [0.15, 0.2) is 0 Å². The molecule has 5 heteroatoms. The summed E-state index contributed by atoms with van der Waals surface area (Å²) in [6, 6.07) is 4.22. The summed E-state index contributed by atoms with van der Waals surface area (Å²) in [6.45, 7) is 7.85. The summed E-state index contributed by atoms with van der Waals surface area (Å²) in [5.74, 6) is 0.634. The number of rotatable bonds is 3. The Morgan fingerprint density at radius 3 is 2.74 bits per heavy atom. The molecule has 3 rings (SSSR count). The number of aliphatic hydroxyl groups is 1. The Morgan fingerprint density at radius 2 is 2.04 bits per heavy atom. The lowest BCUT2D eigenvalue weighted by Crippen LogP contribution is -2.45. The van der Waals surface area contributed by atoms with E-state index in [1.165, 1.54) is 5.56 Å². The molecule has 1 N–H and O–H groups in total. The number of pyridine rings is 1. The average Bonchev–Trinajstić information content (AvgIpc) is 2.55. The molecule has 0 spiro atoms. The summed E-state index contributed by atoms with van der Waals surface area (Å²) < 4.78 is 0. The number of carbonyl (C=O) groups excluding carboxylic acids is 1. The van der Waals surface area contributed by atoms with Crippen LogP contribution < -0.4 is 0 Å². The van der Waals surface area contributed by atoms with Crippen LogP contribution in [0.25, 0.3) is 0 Å². The molecular formula is C18H27N3O2. The molecule has 0 aromatic carbocycles. The van der Waals surface area contributed by atoms with E-state index >= 15 is 0 Å². The van der Waals surface area contributed by atoms with Gasteiger partial charge in [-0.05, 0) is 30.4 Å². The largest absolute Gasteiger partial charge is 0.393 e. The molecule has 1 saturated heterocycles. The maximum absolute atomic E-state index is 12.5. The Hall–Kier alpha value is -1.46. The van der Waals surface area contributed by atoms with Gasteiger partial charge >= 0.3 is 0 Å². The number of fused-ring (bicyclic) bond motifs is 1. The van der Waals surface area contributed by atoms with Crippen LogP contribution in [0.1, 0.15) is 49.6 Å². The molecule has 1 amide bonds. The van der Waals surface area contributed by atoms with Crippen molar-refractivity contribution < 1.29 is 9.90 Å². The van der Waals surface area contributed by atoms with E-state index in [1.54, 1.807) is 0 Å². The van der Waals surface area contributed by atoms with Gasteiger partial charge in [-0.15, -0.1) is 0 Å². The van der Waals surface area contributed by atoms with Crippen LogP contribution in [0.4, 0.5) is 0 Å². The first-order valence-electron chi connectivity index (χ1n) is 8.70. The predicted octanol–water partition coefficient (Wildman–Crippen LogP) is 1.55. The molecule has 0 radical (unpaired) electrons. The third-order valence-electron chi connectivity index (χ3n) is 4.93. The number of likely N-dealkylation sites (tertiary alicyclic amines) is 1. The van der Waals surface area contributed by atoms with Gasteiger partial charge in [-0.2, -0.15) is 0 Å². The molecule has 1 aromatic heterocycles. The molecule has 0 bridgehead atoms. The summed E-state index contributed by atoms with van der Waals surface area (Å²) in [7, 11) is 0. The zero-order chi connectivity index (χ0) is 16.4. The quantitative estimate of drug-likeness (QED) is 0.919. The molecule has 0 unspecified atom stereocenters. The first-order valence-corrected chi connectivity index (χ1v) is 8.70. The summed E-state index contributed by atoms with van der Waals surface area (Å²) >= 11 is 0. The molecule has 0 saturated carbocycles. The number of hydrogen-bond donors (Lipinski definition) is 1. The topological polar surface area (TPSA) is 56.7 Å². The van der Waals surface area contributed by atoms with E-state index in [2.05, 4.69) is 30.9 Å². The molecule has 1 aromatic rings. The smallest absolute Gasteiger partial charge is 0.237 e. The Bertz CT molecular complexity index is 565. The number of aromatic nitrogens is 1. The van der Waals surface area contributed by atoms with Crippen LogP contribution in [0.2, 0.25) is 0 Å².